The third-order valence-corrected chi connectivity index (χ3v) is 5.13. The molecule has 0 aromatic heterocycles. The van der Waals surface area contributed by atoms with Crippen LogP contribution >= 0.6 is 0 Å². The zero-order valence-electron chi connectivity index (χ0n) is 17.0. The Morgan fingerprint density at radius 2 is 1.72 bits per heavy atom. The predicted octanol–water partition coefficient (Wildman–Crippen LogP) is 3.19. The standard InChI is InChI=1S/C23H28N2O4/c1-17(18-6-4-3-5-7-18)24-23(27)19-8-10-20(11-9-19)29-21-12-14-25(15-13-21)22(26)16-28-2/h3-11,17,21H,12-16H2,1-2H3,(H,24,27)/t17-/m0/s1. The van der Waals surface area contributed by atoms with Crippen molar-refractivity contribution >= 4 is 11.8 Å². The number of nitrogens with zero attached hydrogens (tertiary/aromatic N) is 1. The van der Waals surface area contributed by atoms with Gasteiger partial charge in [0, 0.05) is 38.6 Å². The summed E-state index contributed by atoms with van der Waals surface area (Å²) in [5.74, 6) is 0.642. The molecular weight excluding hydrogens is 368 g/mol. The van der Waals surface area contributed by atoms with E-state index in [1.807, 2.05) is 54.3 Å². The number of piperidine rings is 1. The van der Waals surface area contributed by atoms with E-state index < -0.39 is 0 Å². The van der Waals surface area contributed by atoms with Crippen molar-refractivity contribution in [1.29, 1.82) is 0 Å². The van der Waals surface area contributed by atoms with Crippen LogP contribution in [0.15, 0.2) is 54.6 Å². The molecule has 1 heterocycles. The van der Waals surface area contributed by atoms with E-state index in [-0.39, 0.29) is 30.6 Å². The van der Waals surface area contributed by atoms with E-state index in [2.05, 4.69) is 5.32 Å². The first-order chi connectivity index (χ1) is 14.1. The lowest BCUT2D eigenvalue weighted by atomic mass is 10.1. The average molecular weight is 396 g/mol. The van der Waals surface area contributed by atoms with Gasteiger partial charge >= 0.3 is 0 Å². The third kappa shape index (κ3) is 5.81. The predicted molar refractivity (Wildman–Crippen MR) is 111 cm³/mol. The zero-order valence-corrected chi connectivity index (χ0v) is 17.0. The van der Waals surface area contributed by atoms with Gasteiger partial charge in [-0.2, -0.15) is 0 Å². The topological polar surface area (TPSA) is 67.9 Å². The lowest BCUT2D eigenvalue weighted by molar-refractivity contribution is -0.136. The van der Waals surface area contributed by atoms with Gasteiger partial charge in [-0.15, -0.1) is 0 Å². The van der Waals surface area contributed by atoms with Crippen molar-refractivity contribution in [2.24, 2.45) is 0 Å². The minimum atomic E-state index is -0.113. The molecule has 1 N–H and O–H groups in total. The van der Waals surface area contributed by atoms with Gasteiger partial charge in [0.1, 0.15) is 18.5 Å². The number of nitrogens with one attached hydrogen (secondary N) is 1. The molecule has 154 valence electrons. The van der Waals surface area contributed by atoms with Gasteiger partial charge < -0.3 is 19.7 Å². The van der Waals surface area contributed by atoms with Gasteiger partial charge in [-0.3, -0.25) is 9.59 Å². The van der Waals surface area contributed by atoms with Gasteiger partial charge in [-0.25, -0.2) is 0 Å². The molecule has 1 saturated heterocycles. The number of hydrogen-bond donors (Lipinski definition) is 1. The molecule has 6 heteroatoms. The molecule has 2 aromatic rings. The van der Waals surface area contributed by atoms with Crippen LogP contribution in [-0.2, 0) is 9.53 Å². The molecule has 2 aromatic carbocycles. The molecule has 1 aliphatic heterocycles. The summed E-state index contributed by atoms with van der Waals surface area (Å²) >= 11 is 0. The second-order valence-corrected chi connectivity index (χ2v) is 7.26. The SMILES string of the molecule is COCC(=O)N1CCC(Oc2ccc(C(=O)N[C@@H](C)c3ccccc3)cc2)CC1. The molecule has 0 saturated carbocycles. The molecule has 1 atom stereocenters. The normalized spacial score (nSPS) is 15.6. The van der Waals surface area contributed by atoms with Crippen molar-refractivity contribution in [1.82, 2.24) is 10.2 Å². The first-order valence-electron chi connectivity index (χ1n) is 9.96. The summed E-state index contributed by atoms with van der Waals surface area (Å²) in [6.07, 6.45) is 1.64. The van der Waals surface area contributed by atoms with Gasteiger partial charge in [-0.1, -0.05) is 30.3 Å². The number of benzene rings is 2. The first kappa shape index (κ1) is 20.9. The van der Waals surface area contributed by atoms with Crippen molar-refractivity contribution < 1.29 is 19.1 Å². The lowest BCUT2D eigenvalue weighted by Crippen LogP contribution is -2.43. The lowest BCUT2D eigenvalue weighted by Gasteiger charge is -2.32. The maximum atomic E-state index is 12.5. The Balaban J connectivity index is 1.49. The van der Waals surface area contributed by atoms with Gasteiger partial charge in [0.25, 0.3) is 5.91 Å². The maximum absolute atomic E-state index is 12.5. The van der Waals surface area contributed by atoms with Crippen LogP contribution in [0, 0.1) is 0 Å². The monoisotopic (exact) mass is 396 g/mol. The highest BCUT2D eigenvalue weighted by Crippen LogP contribution is 2.20. The minimum absolute atomic E-state index is 0.0195. The van der Waals surface area contributed by atoms with Crippen molar-refractivity contribution in [2.75, 3.05) is 26.8 Å². The van der Waals surface area contributed by atoms with Gasteiger partial charge in [0.2, 0.25) is 5.91 Å². The summed E-state index contributed by atoms with van der Waals surface area (Å²) in [4.78, 5) is 26.1. The van der Waals surface area contributed by atoms with Gasteiger partial charge in [0.15, 0.2) is 0 Å². The van der Waals surface area contributed by atoms with E-state index in [4.69, 9.17) is 9.47 Å². The van der Waals surface area contributed by atoms with E-state index in [9.17, 15) is 9.59 Å². The van der Waals surface area contributed by atoms with Crippen LogP contribution in [-0.4, -0.2) is 49.6 Å². The fraction of sp³-hybridized carbons (Fsp3) is 0.391. The van der Waals surface area contributed by atoms with Crippen molar-refractivity contribution in [3.8, 4) is 5.75 Å². The highest BCUT2D eigenvalue weighted by molar-refractivity contribution is 5.94. The number of carbonyl (C=O) groups excluding carboxylic acids is 2. The second-order valence-electron chi connectivity index (χ2n) is 7.26. The van der Waals surface area contributed by atoms with E-state index in [0.717, 1.165) is 24.2 Å². The number of amides is 2. The van der Waals surface area contributed by atoms with Crippen LogP contribution in [0.25, 0.3) is 0 Å². The van der Waals surface area contributed by atoms with Crippen LogP contribution in [0.5, 0.6) is 5.75 Å². The smallest absolute Gasteiger partial charge is 0.251 e. The number of ether oxygens (including phenoxy) is 2. The Morgan fingerprint density at radius 1 is 1.07 bits per heavy atom. The van der Waals surface area contributed by atoms with Crippen molar-refractivity contribution in [3.05, 3.63) is 65.7 Å². The molecule has 3 rings (SSSR count). The summed E-state index contributed by atoms with van der Waals surface area (Å²) < 4.78 is 10.9. The number of methoxy groups -OCH3 is 1. The van der Waals surface area contributed by atoms with Crippen LogP contribution in [0.4, 0.5) is 0 Å². The summed E-state index contributed by atoms with van der Waals surface area (Å²) in [7, 11) is 1.53. The Labute approximate surface area is 171 Å². The Kier molecular flexibility index (Phi) is 7.25. The summed E-state index contributed by atoms with van der Waals surface area (Å²) in [5, 5.41) is 3.01. The molecule has 0 radical (unpaired) electrons. The molecule has 6 nitrogen and oxygen atoms in total. The molecule has 0 unspecified atom stereocenters. The molecule has 2 amide bonds. The Bertz CT molecular complexity index is 799. The number of likely N-dealkylation sites (tertiary alicyclic amines) is 1. The van der Waals surface area contributed by atoms with Crippen LogP contribution in [0.1, 0.15) is 41.7 Å². The Morgan fingerprint density at radius 3 is 2.34 bits per heavy atom. The molecule has 1 aliphatic rings. The van der Waals surface area contributed by atoms with Crippen LogP contribution < -0.4 is 10.1 Å². The highest BCUT2D eigenvalue weighted by atomic mass is 16.5. The number of rotatable bonds is 7. The molecule has 0 spiro atoms. The fourth-order valence-corrected chi connectivity index (χ4v) is 3.42. The van der Waals surface area contributed by atoms with E-state index in [1.54, 1.807) is 12.1 Å². The van der Waals surface area contributed by atoms with Crippen LogP contribution in [0.2, 0.25) is 0 Å². The third-order valence-electron chi connectivity index (χ3n) is 5.13. The fourth-order valence-electron chi connectivity index (χ4n) is 3.42. The van der Waals surface area contributed by atoms with Crippen molar-refractivity contribution in [2.45, 2.75) is 31.9 Å². The number of carbonyl (C=O) groups is 2. The quantitative estimate of drug-likeness (QED) is 0.780. The number of hydrogen-bond acceptors (Lipinski definition) is 4. The van der Waals surface area contributed by atoms with E-state index in [0.29, 0.717) is 18.7 Å². The molecule has 0 bridgehead atoms. The summed E-state index contributed by atoms with van der Waals surface area (Å²) in [5.41, 5.74) is 1.66. The minimum Gasteiger partial charge on any atom is -0.490 e. The van der Waals surface area contributed by atoms with E-state index in [1.165, 1.54) is 7.11 Å². The molecule has 1 fully saturated rings. The maximum Gasteiger partial charge on any atom is 0.251 e. The molecule has 0 aliphatic carbocycles. The molecular formula is C23H28N2O4. The van der Waals surface area contributed by atoms with Gasteiger partial charge in [0.05, 0.1) is 6.04 Å². The first-order valence-corrected chi connectivity index (χ1v) is 9.96. The molecule has 29 heavy (non-hydrogen) atoms. The average Bonchev–Trinajstić information content (AvgIpc) is 2.75. The summed E-state index contributed by atoms with van der Waals surface area (Å²) in [6, 6.07) is 17.0. The Hall–Kier alpha value is -2.86. The van der Waals surface area contributed by atoms with Crippen molar-refractivity contribution in [3.63, 3.8) is 0 Å². The van der Waals surface area contributed by atoms with E-state index >= 15 is 0 Å². The van der Waals surface area contributed by atoms with Gasteiger partial charge in [-0.05, 0) is 36.8 Å². The summed E-state index contributed by atoms with van der Waals surface area (Å²) in [6.45, 7) is 3.43. The second kappa shape index (κ2) is 10.1. The highest BCUT2D eigenvalue weighted by Gasteiger charge is 2.23. The van der Waals surface area contributed by atoms with Crippen LogP contribution in [0.3, 0.4) is 0 Å². The largest absolute Gasteiger partial charge is 0.490 e. The zero-order chi connectivity index (χ0) is 20.6.